The van der Waals surface area contributed by atoms with E-state index in [0.29, 0.717) is 0 Å². The summed E-state index contributed by atoms with van der Waals surface area (Å²) in [6.07, 6.45) is 4.04. The lowest BCUT2D eigenvalue weighted by Gasteiger charge is -2.37. The fraction of sp³-hybridized carbons (Fsp3) is 0.0690. The molecule has 0 spiro atoms. The standard InChI is InChI=1S/C29H24O2/c30-28(31)29(25-17-9-3-10-18-25,26-19-11-4-12-20-26)27(24-15-7-2-8-16-24)22-21-23-13-5-1-6-14-23/h1-22,27H,(H,30,31)/b22-21+/t27-/m1/s1. The summed E-state index contributed by atoms with van der Waals surface area (Å²) < 4.78 is 0. The maximum absolute atomic E-state index is 13.2. The molecule has 0 aliphatic rings. The fourth-order valence-corrected chi connectivity index (χ4v) is 4.25. The molecule has 0 amide bonds. The topological polar surface area (TPSA) is 37.3 Å². The molecular formula is C29H24O2. The zero-order valence-electron chi connectivity index (χ0n) is 17.1. The first-order chi connectivity index (χ1) is 15.2. The summed E-state index contributed by atoms with van der Waals surface area (Å²) >= 11 is 0. The van der Waals surface area contributed by atoms with Gasteiger partial charge < -0.3 is 5.11 Å². The number of benzene rings is 4. The van der Waals surface area contributed by atoms with Crippen LogP contribution in [-0.4, -0.2) is 11.1 Å². The molecule has 0 saturated carbocycles. The van der Waals surface area contributed by atoms with Crippen LogP contribution in [0.5, 0.6) is 0 Å². The molecule has 0 aromatic heterocycles. The first-order valence-electron chi connectivity index (χ1n) is 10.4. The second-order valence-corrected chi connectivity index (χ2v) is 7.50. The highest BCUT2D eigenvalue weighted by Crippen LogP contribution is 2.46. The summed E-state index contributed by atoms with van der Waals surface area (Å²) in [5.41, 5.74) is 2.20. The Morgan fingerprint density at radius 3 is 1.52 bits per heavy atom. The van der Waals surface area contributed by atoms with E-state index in [9.17, 15) is 9.90 Å². The van der Waals surface area contributed by atoms with Gasteiger partial charge in [-0.25, -0.2) is 0 Å². The molecule has 0 aliphatic heterocycles. The third-order valence-electron chi connectivity index (χ3n) is 5.70. The van der Waals surface area contributed by atoms with Crippen molar-refractivity contribution in [2.45, 2.75) is 11.3 Å². The zero-order valence-corrected chi connectivity index (χ0v) is 17.1. The molecule has 4 aromatic carbocycles. The number of hydrogen-bond donors (Lipinski definition) is 1. The van der Waals surface area contributed by atoms with Crippen LogP contribution in [-0.2, 0) is 10.2 Å². The first kappa shape index (κ1) is 20.4. The van der Waals surface area contributed by atoms with Gasteiger partial charge in [-0.1, -0.05) is 133 Å². The van der Waals surface area contributed by atoms with E-state index in [1.54, 1.807) is 0 Å². The van der Waals surface area contributed by atoms with E-state index in [-0.39, 0.29) is 0 Å². The Labute approximate surface area is 183 Å². The van der Waals surface area contributed by atoms with Crippen LogP contribution in [0.2, 0.25) is 0 Å². The van der Waals surface area contributed by atoms with Gasteiger partial charge in [-0.15, -0.1) is 0 Å². The molecule has 0 aliphatic carbocycles. The van der Waals surface area contributed by atoms with Crippen molar-refractivity contribution in [2.24, 2.45) is 0 Å². The summed E-state index contributed by atoms with van der Waals surface area (Å²) in [5, 5.41) is 10.8. The maximum atomic E-state index is 13.2. The average molecular weight is 405 g/mol. The average Bonchev–Trinajstić information content (AvgIpc) is 2.84. The van der Waals surface area contributed by atoms with Crippen LogP contribution in [0.1, 0.15) is 28.2 Å². The third-order valence-corrected chi connectivity index (χ3v) is 5.70. The quantitative estimate of drug-likeness (QED) is 0.379. The van der Waals surface area contributed by atoms with Gasteiger partial charge in [-0.05, 0) is 22.3 Å². The van der Waals surface area contributed by atoms with E-state index in [1.807, 2.05) is 133 Å². The van der Waals surface area contributed by atoms with E-state index in [1.165, 1.54) is 0 Å². The summed E-state index contributed by atoms with van der Waals surface area (Å²) in [6, 6.07) is 38.9. The van der Waals surface area contributed by atoms with E-state index in [2.05, 4.69) is 0 Å². The van der Waals surface area contributed by atoms with Gasteiger partial charge in [0.25, 0.3) is 0 Å². The monoisotopic (exact) mass is 404 g/mol. The lowest BCUT2D eigenvalue weighted by molar-refractivity contribution is -0.142. The summed E-state index contributed by atoms with van der Waals surface area (Å²) in [6.45, 7) is 0. The van der Waals surface area contributed by atoms with Crippen molar-refractivity contribution < 1.29 is 9.90 Å². The lowest BCUT2D eigenvalue weighted by Crippen LogP contribution is -2.42. The highest BCUT2D eigenvalue weighted by atomic mass is 16.4. The van der Waals surface area contributed by atoms with E-state index in [0.717, 1.165) is 22.3 Å². The Morgan fingerprint density at radius 1 is 0.645 bits per heavy atom. The molecule has 152 valence electrons. The van der Waals surface area contributed by atoms with Crippen LogP contribution >= 0.6 is 0 Å². The lowest BCUT2D eigenvalue weighted by atomic mass is 9.63. The smallest absolute Gasteiger partial charge is 0.319 e. The van der Waals surface area contributed by atoms with Gasteiger partial charge in [0.1, 0.15) is 5.41 Å². The normalized spacial score (nSPS) is 12.5. The van der Waals surface area contributed by atoms with Crippen LogP contribution in [0, 0.1) is 0 Å². The van der Waals surface area contributed by atoms with Gasteiger partial charge in [-0.3, -0.25) is 4.79 Å². The Morgan fingerprint density at radius 2 is 1.06 bits per heavy atom. The predicted molar refractivity (Wildman–Crippen MR) is 126 cm³/mol. The van der Waals surface area contributed by atoms with E-state index < -0.39 is 17.3 Å². The summed E-state index contributed by atoms with van der Waals surface area (Å²) in [7, 11) is 0. The number of rotatable bonds is 7. The molecular weight excluding hydrogens is 380 g/mol. The van der Waals surface area contributed by atoms with Crippen molar-refractivity contribution in [2.75, 3.05) is 0 Å². The van der Waals surface area contributed by atoms with Crippen molar-refractivity contribution in [1.29, 1.82) is 0 Å². The van der Waals surface area contributed by atoms with Crippen LogP contribution < -0.4 is 0 Å². The van der Waals surface area contributed by atoms with Crippen molar-refractivity contribution >= 4 is 12.0 Å². The Balaban J connectivity index is 2.00. The highest BCUT2D eigenvalue weighted by molar-refractivity contribution is 5.88. The Hall–Kier alpha value is -3.91. The molecule has 4 aromatic rings. The highest BCUT2D eigenvalue weighted by Gasteiger charge is 2.48. The first-order valence-corrected chi connectivity index (χ1v) is 10.4. The van der Waals surface area contributed by atoms with Crippen LogP contribution in [0.4, 0.5) is 0 Å². The molecule has 0 fully saturated rings. The molecule has 1 N–H and O–H groups in total. The Kier molecular flexibility index (Phi) is 6.09. The number of carboxylic acid groups (broad SMARTS) is 1. The minimum absolute atomic E-state index is 0.420. The van der Waals surface area contributed by atoms with Crippen molar-refractivity contribution in [1.82, 2.24) is 0 Å². The number of hydrogen-bond acceptors (Lipinski definition) is 1. The minimum Gasteiger partial charge on any atom is -0.480 e. The van der Waals surface area contributed by atoms with Gasteiger partial charge in [0, 0.05) is 5.92 Å². The molecule has 0 saturated heterocycles. The number of carbonyl (C=O) groups is 1. The Bertz CT molecular complexity index is 1100. The van der Waals surface area contributed by atoms with Crippen molar-refractivity contribution in [3.05, 3.63) is 150 Å². The molecule has 4 rings (SSSR count). The van der Waals surface area contributed by atoms with Crippen molar-refractivity contribution in [3.8, 4) is 0 Å². The summed E-state index contributed by atoms with van der Waals surface area (Å²) in [5.74, 6) is -1.30. The van der Waals surface area contributed by atoms with Crippen LogP contribution in [0.25, 0.3) is 6.08 Å². The second-order valence-electron chi connectivity index (χ2n) is 7.50. The van der Waals surface area contributed by atoms with Gasteiger partial charge >= 0.3 is 5.97 Å². The summed E-state index contributed by atoms with van der Waals surface area (Å²) in [4.78, 5) is 13.2. The van der Waals surface area contributed by atoms with Gasteiger partial charge in [0.05, 0.1) is 0 Å². The number of allylic oxidation sites excluding steroid dienone is 1. The molecule has 1 atom stereocenters. The molecule has 0 radical (unpaired) electrons. The second kappa shape index (κ2) is 9.27. The number of carboxylic acids is 1. The molecule has 0 heterocycles. The number of aliphatic carboxylic acids is 1. The minimum atomic E-state index is -1.28. The van der Waals surface area contributed by atoms with Gasteiger partial charge in [-0.2, -0.15) is 0 Å². The van der Waals surface area contributed by atoms with Gasteiger partial charge in [0.15, 0.2) is 0 Å². The van der Waals surface area contributed by atoms with E-state index >= 15 is 0 Å². The third kappa shape index (κ3) is 4.06. The maximum Gasteiger partial charge on any atom is 0.319 e. The fourth-order valence-electron chi connectivity index (χ4n) is 4.25. The van der Waals surface area contributed by atoms with Crippen molar-refractivity contribution in [3.63, 3.8) is 0 Å². The van der Waals surface area contributed by atoms with Crippen LogP contribution in [0.3, 0.4) is 0 Å². The largest absolute Gasteiger partial charge is 0.480 e. The predicted octanol–water partition coefficient (Wildman–Crippen LogP) is 6.55. The van der Waals surface area contributed by atoms with Crippen LogP contribution in [0.15, 0.2) is 127 Å². The van der Waals surface area contributed by atoms with E-state index in [4.69, 9.17) is 0 Å². The molecule has 2 nitrogen and oxygen atoms in total. The molecule has 0 bridgehead atoms. The molecule has 0 unspecified atom stereocenters. The molecule has 2 heteroatoms. The zero-order chi connectivity index (χ0) is 21.5. The molecule has 31 heavy (non-hydrogen) atoms. The SMILES string of the molecule is O=C(O)C(c1ccccc1)(c1ccccc1)[C@H](/C=C/c1ccccc1)c1ccccc1. The van der Waals surface area contributed by atoms with Gasteiger partial charge in [0.2, 0.25) is 0 Å².